The lowest BCUT2D eigenvalue weighted by Gasteiger charge is -2.48. The van der Waals surface area contributed by atoms with Gasteiger partial charge in [0.25, 0.3) is 0 Å². The summed E-state index contributed by atoms with van der Waals surface area (Å²) in [6.45, 7) is 0. The average Bonchev–Trinajstić information content (AvgIpc) is 3.75. The average molecular weight is 694 g/mol. The van der Waals surface area contributed by atoms with E-state index in [1.165, 1.54) is 74.2 Å². The van der Waals surface area contributed by atoms with Gasteiger partial charge in [0.2, 0.25) is 0 Å². The number of aromatic nitrogens is 1. The van der Waals surface area contributed by atoms with Crippen LogP contribution >= 0.6 is 21.4 Å². The molecule has 0 amide bonds. The molecule has 1 nitrogen and oxygen atoms in total. The topological polar surface area (TPSA) is 4.93 Å². The van der Waals surface area contributed by atoms with Gasteiger partial charge in [-0.15, -0.1) is 11.3 Å². The van der Waals surface area contributed by atoms with Gasteiger partial charge in [-0.05, 0) is 130 Å². The quantitative estimate of drug-likeness (QED) is 0.163. The van der Waals surface area contributed by atoms with E-state index in [1.807, 2.05) is 11.3 Å². The van der Waals surface area contributed by atoms with Crippen molar-refractivity contribution in [2.24, 2.45) is 0 Å². The minimum Gasteiger partial charge on any atom is -0.308 e. The molecule has 5 aromatic carbocycles. The van der Waals surface area contributed by atoms with Crippen LogP contribution in [-0.4, -0.2) is 9.82 Å². The smallest absolute Gasteiger partial charge is 0.0665 e. The first-order chi connectivity index (χ1) is 25.3. The third kappa shape index (κ3) is 4.90. The first kappa shape index (κ1) is 30.7. The number of benzene rings is 5. The minimum atomic E-state index is -1.84. The SMILES string of the molecule is C1=Cc2c(c3cccc(S(c4ccccc4)(c4ccccc4)C4C=C(C5=Cc6sc7ccccc7c6CC5)C=CC4)c3n2-c2ccccc2)CC1. The number of thiophene rings is 1. The zero-order valence-corrected chi connectivity index (χ0v) is 30.2. The molecule has 248 valence electrons. The molecule has 0 spiro atoms. The summed E-state index contributed by atoms with van der Waals surface area (Å²) in [6, 6.07) is 50.2. The van der Waals surface area contributed by atoms with Crippen molar-refractivity contribution in [3.63, 3.8) is 0 Å². The Bertz CT molecular complexity index is 2510. The van der Waals surface area contributed by atoms with Crippen molar-refractivity contribution >= 4 is 54.5 Å². The predicted octanol–water partition coefficient (Wildman–Crippen LogP) is 13.4. The number of hydrogen-bond acceptors (Lipinski definition) is 1. The molecular weight excluding hydrogens is 655 g/mol. The van der Waals surface area contributed by atoms with Crippen molar-refractivity contribution in [1.29, 1.82) is 0 Å². The van der Waals surface area contributed by atoms with E-state index in [0.717, 1.165) is 32.1 Å². The van der Waals surface area contributed by atoms with Gasteiger partial charge >= 0.3 is 0 Å². The highest BCUT2D eigenvalue weighted by atomic mass is 32.3. The van der Waals surface area contributed by atoms with Crippen molar-refractivity contribution in [3.05, 3.63) is 191 Å². The fourth-order valence-electron chi connectivity index (χ4n) is 8.85. The van der Waals surface area contributed by atoms with Crippen LogP contribution < -0.4 is 0 Å². The Kier molecular flexibility index (Phi) is 7.59. The summed E-state index contributed by atoms with van der Waals surface area (Å²) >= 11 is 1.95. The molecule has 0 aliphatic heterocycles. The standard InChI is InChI=1S/C48H39NS2/c1-4-17-36(18-5-1)49-44-27-12-10-24-40(44)43-26-15-29-47(48(43)49)51(37-19-6-2-7-20-37,38-21-8-3-9-22-38)39-23-14-16-34(32-39)35-30-31-42-41-25-11-13-28-45(41)50-46(42)33-35/h1-9,11-22,25-29,32-33,39H,10,23-24,30-31H2. The zero-order valence-electron chi connectivity index (χ0n) is 28.5. The van der Waals surface area contributed by atoms with Gasteiger partial charge in [-0.25, -0.2) is 0 Å². The Hall–Kier alpha value is -5.09. The van der Waals surface area contributed by atoms with E-state index in [2.05, 4.69) is 174 Å². The van der Waals surface area contributed by atoms with Crippen molar-refractivity contribution in [2.75, 3.05) is 0 Å². The van der Waals surface area contributed by atoms with Gasteiger partial charge in [0.15, 0.2) is 0 Å². The summed E-state index contributed by atoms with van der Waals surface area (Å²) in [5, 5.41) is 3.09. The van der Waals surface area contributed by atoms with Crippen LogP contribution in [-0.2, 0) is 12.8 Å². The molecule has 1 unspecified atom stereocenters. The monoisotopic (exact) mass is 693 g/mol. The van der Waals surface area contributed by atoms with E-state index in [-0.39, 0.29) is 5.25 Å². The molecule has 0 N–H and O–H groups in total. The second-order valence-electron chi connectivity index (χ2n) is 13.8. The molecule has 0 bridgehead atoms. The third-order valence-electron chi connectivity index (χ3n) is 11.1. The maximum Gasteiger partial charge on any atom is 0.0665 e. The van der Waals surface area contributed by atoms with E-state index in [0.29, 0.717) is 0 Å². The van der Waals surface area contributed by atoms with Crippen LogP contribution in [0, 0.1) is 0 Å². The number of para-hydroxylation sites is 2. The molecule has 1 atom stereocenters. The van der Waals surface area contributed by atoms with Crippen LogP contribution in [0.2, 0.25) is 0 Å². The number of rotatable bonds is 6. The summed E-state index contributed by atoms with van der Waals surface area (Å²) in [5.41, 5.74) is 9.77. The molecule has 10 rings (SSSR count). The summed E-state index contributed by atoms with van der Waals surface area (Å²) < 4.78 is 3.98. The summed E-state index contributed by atoms with van der Waals surface area (Å²) in [6.07, 6.45) is 20.1. The lowest BCUT2D eigenvalue weighted by atomic mass is 9.89. The van der Waals surface area contributed by atoms with Gasteiger partial charge in [0.05, 0.1) is 5.52 Å². The van der Waals surface area contributed by atoms with Crippen molar-refractivity contribution < 1.29 is 0 Å². The fraction of sp³-hybridized carbons (Fsp3) is 0.125. The molecule has 51 heavy (non-hydrogen) atoms. The molecule has 2 aromatic heterocycles. The molecule has 3 heteroatoms. The number of hydrogen-bond donors (Lipinski definition) is 0. The zero-order chi connectivity index (χ0) is 33.8. The summed E-state index contributed by atoms with van der Waals surface area (Å²) in [5.74, 6) is 0. The largest absolute Gasteiger partial charge is 0.308 e. The second kappa shape index (κ2) is 12.6. The first-order valence-electron chi connectivity index (χ1n) is 18.2. The number of allylic oxidation sites excluding steroid dienone is 5. The lowest BCUT2D eigenvalue weighted by Crippen LogP contribution is -2.21. The third-order valence-corrected chi connectivity index (χ3v) is 16.5. The van der Waals surface area contributed by atoms with E-state index >= 15 is 0 Å². The summed E-state index contributed by atoms with van der Waals surface area (Å²) in [4.78, 5) is 5.71. The number of fused-ring (bicyclic) bond motifs is 6. The van der Waals surface area contributed by atoms with Crippen molar-refractivity contribution in [2.45, 2.75) is 52.0 Å². The van der Waals surface area contributed by atoms with Crippen molar-refractivity contribution in [1.82, 2.24) is 4.57 Å². The maximum absolute atomic E-state index is 2.67. The van der Waals surface area contributed by atoms with Crippen LogP contribution in [0.1, 0.15) is 41.0 Å². The highest BCUT2D eigenvalue weighted by Crippen LogP contribution is 2.74. The molecule has 0 saturated heterocycles. The van der Waals surface area contributed by atoms with E-state index < -0.39 is 10.0 Å². The highest BCUT2D eigenvalue weighted by Gasteiger charge is 2.41. The Morgan fingerprint density at radius 3 is 2.10 bits per heavy atom. The van der Waals surface area contributed by atoms with Gasteiger partial charge < -0.3 is 4.57 Å². The van der Waals surface area contributed by atoms with Gasteiger partial charge in [-0.2, -0.15) is 10.0 Å². The Morgan fingerprint density at radius 1 is 0.608 bits per heavy atom. The first-order valence-corrected chi connectivity index (χ1v) is 20.7. The van der Waals surface area contributed by atoms with Crippen LogP contribution in [0.15, 0.2) is 184 Å². The predicted molar refractivity (Wildman–Crippen MR) is 220 cm³/mol. The van der Waals surface area contributed by atoms with Crippen LogP contribution in [0.5, 0.6) is 0 Å². The summed E-state index contributed by atoms with van der Waals surface area (Å²) in [7, 11) is -1.84. The molecule has 3 aliphatic rings. The Balaban J connectivity index is 1.26. The molecule has 0 radical (unpaired) electrons. The van der Waals surface area contributed by atoms with E-state index in [4.69, 9.17) is 0 Å². The fourth-order valence-corrected chi connectivity index (χ4v) is 14.6. The maximum atomic E-state index is 2.67. The van der Waals surface area contributed by atoms with Gasteiger partial charge in [0, 0.05) is 36.5 Å². The number of nitrogens with zero attached hydrogens (tertiary/aromatic N) is 1. The van der Waals surface area contributed by atoms with Crippen LogP contribution in [0.4, 0.5) is 0 Å². The Morgan fingerprint density at radius 2 is 1.31 bits per heavy atom. The molecule has 2 heterocycles. The molecule has 7 aromatic rings. The van der Waals surface area contributed by atoms with Crippen LogP contribution in [0.3, 0.4) is 0 Å². The molecule has 0 fully saturated rings. The van der Waals surface area contributed by atoms with Crippen LogP contribution in [0.25, 0.3) is 38.8 Å². The van der Waals surface area contributed by atoms with Gasteiger partial charge in [-0.3, -0.25) is 0 Å². The van der Waals surface area contributed by atoms with E-state index in [9.17, 15) is 0 Å². The molecular formula is C48H39NS2. The lowest BCUT2D eigenvalue weighted by molar-refractivity contribution is 0.936. The molecule has 3 aliphatic carbocycles. The van der Waals surface area contributed by atoms with Gasteiger partial charge in [0.1, 0.15) is 0 Å². The highest BCUT2D eigenvalue weighted by molar-refractivity contribution is 8.34. The molecule has 0 saturated carbocycles. The second-order valence-corrected chi connectivity index (χ2v) is 18.2. The Labute approximate surface area is 305 Å². The normalized spacial score (nSPS) is 17.2. The minimum absolute atomic E-state index is 0.268. The van der Waals surface area contributed by atoms with Crippen molar-refractivity contribution in [3.8, 4) is 5.69 Å². The number of aryl methyl sites for hydroxylation is 2. The van der Waals surface area contributed by atoms with E-state index in [1.54, 1.807) is 0 Å². The van der Waals surface area contributed by atoms with Gasteiger partial charge in [-0.1, -0.05) is 109 Å².